The van der Waals surface area contributed by atoms with Crippen molar-refractivity contribution in [1.82, 2.24) is 20.4 Å². The lowest BCUT2D eigenvalue weighted by Crippen LogP contribution is -2.47. The van der Waals surface area contributed by atoms with Crippen LogP contribution in [0.2, 0.25) is 0 Å². The lowest BCUT2D eigenvalue weighted by Gasteiger charge is -2.35. The van der Waals surface area contributed by atoms with Crippen LogP contribution in [0.4, 0.5) is 0 Å². The molecule has 1 aliphatic heterocycles. The van der Waals surface area contributed by atoms with Gasteiger partial charge in [-0.2, -0.15) is 0 Å². The van der Waals surface area contributed by atoms with E-state index in [2.05, 4.69) is 60.3 Å². The van der Waals surface area contributed by atoms with E-state index in [4.69, 9.17) is 14.5 Å². The van der Waals surface area contributed by atoms with Crippen LogP contribution in [0, 0.1) is 5.92 Å². The Labute approximate surface area is 218 Å². The van der Waals surface area contributed by atoms with Gasteiger partial charge in [-0.3, -0.25) is 4.99 Å². The highest BCUT2D eigenvalue weighted by atomic mass is 127. The number of nitrogens with zero attached hydrogens (tertiary/aromatic N) is 3. The van der Waals surface area contributed by atoms with Crippen molar-refractivity contribution in [1.29, 1.82) is 0 Å². The van der Waals surface area contributed by atoms with Crippen molar-refractivity contribution in [2.75, 3.05) is 65.6 Å². The Kier molecular flexibility index (Phi) is 14.8. The van der Waals surface area contributed by atoms with Crippen molar-refractivity contribution >= 4 is 29.9 Å². The molecule has 2 rings (SSSR count). The molecule has 0 amide bonds. The van der Waals surface area contributed by atoms with Crippen molar-refractivity contribution in [3.63, 3.8) is 0 Å². The average molecular weight is 576 g/mol. The van der Waals surface area contributed by atoms with Gasteiger partial charge in [0.05, 0.1) is 19.3 Å². The molecule has 33 heavy (non-hydrogen) atoms. The molecule has 2 N–H and O–H groups in total. The summed E-state index contributed by atoms with van der Waals surface area (Å²) in [7, 11) is 0. The Morgan fingerprint density at radius 1 is 0.970 bits per heavy atom. The second-order valence-corrected chi connectivity index (χ2v) is 8.50. The molecule has 1 fully saturated rings. The van der Waals surface area contributed by atoms with Crippen LogP contribution in [0.25, 0.3) is 0 Å². The molecule has 0 aromatic heterocycles. The molecule has 1 aliphatic rings. The standard InChI is InChI=1S/C25H45N5O2.HI/c1-7-26-25(27-18-20(5)19-30-15-13-29(8-2)14-16-30)28-21(6)22-11-12-23(31-9-3)24(17-22)32-10-4;/h11-12,17,20-21H,7-10,13-16,18-19H2,1-6H3,(H2,26,27,28);1H. The molecule has 0 bridgehead atoms. The molecule has 0 saturated carbocycles. The maximum absolute atomic E-state index is 5.79. The van der Waals surface area contributed by atoms with E-state index in [1.807, 2.05) is 19.9 Å². The summed E-state index contributed by atoms with van der Waals surface area (Å²) >= 11 is 0. The van der Waals surface area contributed by atoms with Gasteiger partial charge in [0, 0.05) is 45.8 Å². The third-order valence-corrected chi connectivity index (χ3v) is 5.81. The topological polar surface area (TPSA) is 61.4 Å². The van der Waals surface area contributed by atoms with Crippen LogP contribution in [0.5, 0.6) is 11.5 Å². The highest BCUT2D eigenvalue weighted by molar-refractivity contribution is 14.0. The van der Waals surface area contributed by atoms with E-state index in [-0.39, 0.29) is 30.0 Å². The third-order valence-electron chi connectivity index (χ3n) is 5.81. The number of rotatable bonds is 12. The van der Waals surface area contributed by atoms with Crippen LogP contribution < -0.4 is 20.1 Å². The van der Waals surface area contributed by atoms with Gasteiger partial charge in [-0.15, -0.1) is 24.0 Å². The van der Waals surface area contributed by atoms with E-state index in [1.165, 1.54) is 13.1 Å². The lowest BCUT2D eigenvalue weighted by molar-refractivity contribution is 0.125. The molecule has 1 aromatic carbocycles. The van der Waals surface area contributed by atoms with Gasteiger partial charge >= 0.3 is 0 Å². The molecule has 1 aromatic rings. The molecule has 190 valence electrons. The Morgan fingerprint density at radius 2 is 1.61 bits per heavy atom. The Bertz CT molecular complexity index is 695. The fourth-order valence-electron chi connectivity index (χ4n) is 3.98. The number of guanidine groups is 1. The molecule has 8 heteroatoms. The van der Waals surface area contributed by atoms with Gasteiger partial charge in [0.15, 0.2) is 17.5 Å². The summed E-state index contributed by atoms with van der Waals surface area (Å²) in [6.45, 7) is 22.6. The van der Waals surface area contributed by atoms with Gasteiger partial charge in [-0.05, 0) is 57.9 Å². The highest BCUT2D eigenvalue weighted by Crippen LogP contribution is 2.30. The molecule has 1 heterocycles. The Morgan fingerprint density at radius 3 is 2.21 bits per heavy atom. The fraction of sp³-hybridized carbons (Fsp3) is 0.720. The number of ether oxygens (including phenoxy) is 2. The molecule has 7 nitrogen and oxygen atoms in total. The molecule has 0 spiro atoms. The maximum Gasteiger partial charge on any atom is 0.191 e. The van der Waals surface area contributed by atoms with E-state index in [1.54, 1.807) is 0 Å². The normalized spacial score (nSPS) is 17.1. The molecule has 1 saturated heterocycles. The van der Waals surface area contributed by atoms with E-state index >= 15 is 0 Å². The summed E-state index contributed by atoms with van der Waals surface area (Å²) in [5.41, 5.74) is 1.14. The summed E-state index contributed by atoms with van der Waals surface area (Å²) in [6.07, 6.45) is 0. The number of nitrogens with one attached hydrogen (secondary N) is 2. The lowest BCUT2D eigenvalue weighted by atomic mass is 10.1. The number of aliphatic imine (C=N–C) groups is 1. The van der Waals surface area contributed by atoms with E-state index in [0.717, 1.165) is 62.3 Å². The molecular formula is C25H46IN5O2. The first-order chi connectivity index (χ1) is 15.5. The van der Waals surface area contributed by atoms with Crippen LogP contribution in [0.15, 0.2) is 23.2 Å². The zero-order valence-corrected chi connectivity index (χ0v) is 23.9. The van der Waals surface area contributed by atoms with Crippen LogP contribution in [0.3, 0.4) is 0 Å². The van der Waals surface area contributed by atoms with E-state index in [0.29, 0.717) is 19.1 Å². The van der Waals surface area contributed by atoms with Gasteiger partial charge in [0.25, 0.3) is 0 Å². The first-order valence-corrected chi connectivity index (χ1v) is 12.4. The molecule has 0 radical (unpaired) electrons. The Hall–Kier alpha value is -1.26. The van der Waals surface area contributed by atoms with Crippen molar-refractivity contribution in [3.8, 4) is 11.5 Å². The summed E-state index contributed by atoms with van der Waals surface area (Å²) in [5, 5.41) is 6.94. The van der Waals surface area contributed by atoms with Gasteiger partial charge in [0.1, 0.15) is 0 Å². The van der Waals surface area contributed by atoms with Crippen molar-refractivity contribution in [2.45, 2.75) is 47.6 Å². The van der Waals surface area contributed by atoms with E-state index < -0.39 is 0 Å². The number of likely N-dealkylation sites (N-methyl/N-ethyl adjacent to an activating group) is 1. The smallest absolute Gasteiger partial charge is 0.191 e. The summed E-state index contributed by atoms with van der Waals surface area (Å²) in [5.74, 6) is 2.96. The maximum atomic E-state index is 5.79. The number of benzene rings is 1. The van der Waals surface area contributed by atoms with Crippen LogP contribution in [-0.4, -0.2) is 81.3 Å². The van der Waals surface area contributed by atoms with Crippen LogP contribution in [-0.2, 0) is 0 Å². The van der Waals surface area contributed by atoms with Gasteiger partial charge in [-0.1, -0.05) is 19.9 Å². The number of halogens is 1. The molecule has 2 atom stereocenters. The zero-order valence-electron chi connectivity index (χ0n) is 21.5. The van der Waals surface area contributed by atoms with Crippen LogP contribution >= 0.6 is 24.0 Å². The number of piperazine rings is 1. The molecular weight excluding hydrogens is 529 g/mol. The Balaban J connectivity index is 0.00000544. The number of hydrogen-bond donors (Lipinski definition) is 2. The predicted octanol–water partition coefficient (Wildman–Crippen LogP) is 3.99. The van der Waals surface area contributed by atoms with Crippen molar-refractivity contribution < 1.29 is 9.47 Å². The minimum atomic E-state index is 0. The van der Waals surface area contributed by atoms with Crippen molar-refractivity contribution in [3.05, 3.63) is 23.8 Å². The highest BCUT2D eigenvalue weighted by Gasteiger charge is 2.18. The largest absolute Gasteiger partial charge is 0.490 e. The monoisotopic (exact) mass is 575 g/mol. The second-order valence-electron chi connectivity index (χ2n) is 8.50. The van der Waals surface area contributed by atoms with Crippen molar-refractivity contribution in [2.24, 2.45) is 10.9 Å². The first kappa shape index (κ1) is 29.8. The zero-order chi connectivity index (χ0) is 23.3. The minimum absolute atomic E-state index is 0. The van der Waals surface area contributed by atoms with Crippen LogP contribution in [0.1, 0.15) is 53.1 Å². The molecule has 0 aliphatic carbocycles. The van der Waals surface area contributed by atoms with Gasteiger partial charge in [0.2, 0.25) is 0 Å². The molecule has 2 unspecified atom stereocenters. The fourth-order valence-corrected chi connectivity index (χ4v) is 3.98. The summed E-state index contributed by atoms with van der Waals surface area (Å²) < 4.78 is 11.5. The minimum Gasteiger partial charge on any atom is -0.490 e. The first-order valence-electron chi connectivity index (χ1n) is 12.4. The van der Waals surface area contributed by atoms with E-state index in [9.17, 15) is 0 Å². The SMILES string of the molecule is CCNC(=NCC(C)CN1CCN(CC)CC1)NC(C)c1ccc(OCC)c(OCC)c1.I. The quantitative estimate of drug-likeness (QED) is 0.223. The third kappa shape index (κ3) is 10.3. The summed E-state index contributed by atoms with van der Waals surface area (Å²) in [6, 6.07) is 6.24. The van der Waals surface area contributed by atoms with Gasteiger partial charge in [-0.25, -0.2) is 0 Å². The number of hydrogen-bond acceptors (Lipinski definition) is 5. The second kappa shape index (κ2) is 16.4. The summed E-state index contributed by atoms with van der Waals surface area (Å²) in [4.78, 5) is 9.98. The average Bonchev–Trinajstić information content (AvgIpc) is 2.79. The predicted molar refractivity (Wildman–Crippen MR) is 149 cm³/mol. The van der Waals surface area contributed by atoms with Gasteiger partial charge < -0.3 is 29.9 Å².